The van der Waals surface area contributed by atoms with Gasteiger partial charge in [0.15, 0.2) is 0 Å². The average Bonchev–Trinajstić information content (AvgIpc) is 2.95. The number of piperidine rings is 1. The number of benzene rings is 2. The fourth-order valence-corrected chi connectivity index (χ4v) is 4.20. The maximum absolute atomic E-state index is 12.7. The zero-order valence-corrected chi connectivity index (χ0v) is 16.0. The van der Waals surface area contributed by atoms with E-state index < -0.39 is 5.60 Å². The van der Waals surface area contributed by atoms with Gasteiger partial charge in [-0.05, 0) is 43.0 Å². The molecular weight excluding hydrogens is 338 g/mol. The smallest absolute Gasteiger partial charge is 0.339 e. The van der Waals surface area contributed by atoms with Gasteiger partial charge in [0.05, 0.1) is 5.56 Å². The summed E-state index contributed by atoms with van der Waals surface area (Å²) >= 11 is 0. The predicted octanol–water partition coefficient (Wildman–Crippen LogP) is 3.92. The largest absolute Gasteiger partial charge is 0.450 e. The average molecular weight is 363 g/mol. The van der Waals surface area contributed by atoms with Crippen LogP contribution in [0.1, 0.15) is 51.9 Å². The first kappa shape index (κ1) is 17.8. The molecule has 1 spiro atoms. The molecule has 0 unspecified atom stereocenters. The maximum atomic E-state index is 12.7. The second-order valence-electron chi connectivity index (χ2n) is 7.73. The molecule has 2 aliphatic rings. The second kappa shape index (κ2) is 6.84. The van der Waals surface area contributed by atoms with E-state index in [1.807, 2.05) is 29.2 Å². The van der Waals surface area contributed by atoms with Crippen molar-refractivity contribution in [1.29, 1.82) is 0 Å². The van der Waals surface area contributed by atoms with Crippen molar-refractivity contribution in [2.45, 2.75) is 45.1 Å². The third kappa shape index (κ3) is 3.25. The first-order chi connectivity index (χ1) is 13.0. The van der Waals surface area contributed by atoms with Gasteiger partial charge in [0.1, 0.15) is 5.60 Å². The lowest BCUT2D eigenvalue weighted by atomic mass is 9.83. The Labute approximate surface area is 160 Å². The van der Waals surface area contributed by atoms with Crippen LogP contribution in [0, 0.1) is 13.8 Å². The summed E-state index contributed by atoms with van der Waals surface area (Å²) in [6.45, 7) is 5.47. The Morgan fingerprint density at radius 3 is 2.56 bits per heavy atom. The molecule has 0 aliphatic carbocycles. The number of aryl methyl sites for hydroxylation is 3. The number of likely N-dealkylation sites (tertiary alicyclic amines) is 1. The minimum Gasteiger partial charge on any atom is -0.450 e. The quantitative estimate of drug-likeness (QED) is 0.777. The summed E-state index contributed by atoms with van der Waals surface area (Å²) in [5.41, 5.74) is 4.86. The number of ether oxygens (including phenoxy) is 1. The number of carbonyl (C=O) groups is 2. The van der Waals surface area contributed by atoms with Gasteiger partial charge in [-0.25, -0.2) is 4.79 Å². The van der Waals surface area contributed by atoms with Crippen LogP contribution in [0.25, 0.3) is 0 Å². The van der Waals surface area contributed by atoms with Gasteiger partial charge in [-0.1, -0.05) is 36.4 Å². The zero-order chi connectivity index (χ0) is 19.0. The molecule has 1 fully saturated rings. The van der Waals surface area contributed by atoms with Crippen molar-refractivity contribution in [2.24, 2.45) is 0 Å². The van der Waals surface area contributed by atoms with Gasteiger partial charge >= 0.3 is 5.97 Å². The monoisotopic (exact) mass is 363 g/mol. The van der Waals surface area contributed by atoms with Crippen LogP contribution in [-0.4, -0.2) is 29.9 Å². The Bertz CT molecular complexity index is 894. The molecule has 0 aromatic heterocycles. The molecule has 4 rings (SSSR count). The third-order valence-corrected chi connectivity index (χ3v) is 6.05. The number of nitrogens with zero attached hydrogens (tertiary/aromatic N) is 1. The highest BCUT2D eigenvalue weighted by atomic mass is 16.6. The van der Waals surface area contributed by atoms with Gasteiger partial charge in [0.2, 0.25) is 5.91 Å². The van der Waals surface area contributed by atoms with Gasteiger partial charge in [-0.15, -0.1) is 0 Å². The first-order valence-electron chi connectivity index (χ1n) is 9.65. The molecule has 1 saturated heterocycles. The third-order valence-electron chi connectivity index (χ3n) is 6.05. The normalized spacial score (nSPS) is 17.7. The lowest BCUT2D eigenvalue weighted by molar-refractivity contribution is -0.135. The topological polar surface area (TPSA) is 46.6 Å². The molecular formula is C23H25NO3. The molecule has 140 valence electrons. The highest BCUT2D eigenvalue weighted by Gasteiger charge is 2.47. The van der Waals surface area contributed by atoms with Crippen LogP contribution in [0.2, 0.25) is 0 Å². The Morgan fingerprint density at radius 1 is 1.07 bits per heavy atom. The maximum Gasteiger partial charge on any atom is 0.339 e. The molecule has 2 aromatic rings. The predicted molar refractivity (Wildman–Crippen MR) is 104 cm³/mol. The van der Waals surface area contributed by atoms with Crippen molar-refractivity contribution in [3.05, 3.63) is 70.3 Å². The lowest BCUT2D eigenvalue weighted by Crippen LogP contribution is -2.45. The van der Waals surface area contributed by atoms with Gasteiger partial charge in [0.25, 0.3) is 0 Å². The summed E-state index contributed by atoms with van der Waals surface area (Å²) in [7, 11) is 0. The van der Waals surface area contributed by atoms with Crippen molar-refractivity contribution in [3.63, 3.8) is 0 Å². The summed E-state index contributed by atoms with van der Waals surface area (Å²) in [5, 5.41) is 0. The summed E-state index contributed by atoms with van der Waals surface area (Å²) in [6, 6.07) is 14.0. The van der Waals surface area contributed by atoms with Crippen LogP contribution < -0.4 is 0 Å². The van der Waals surface area contributed by atoms with Crippen LogP contribution in [0.15, 0.2) is 42.5 Å². The van der Waals surface area contributed by atoms with E-state index in [1.54, 1.807) is 0 Å². The number of hydrogen-bond donors (Lipinski definition) is 0. The molecule has 2 heterocycles. The fourth-order valence-electron chi connectivity index (χ4n) is 4.20. The van der Waals surface area contributed by atoms with Gasteiger partial charge in [-0.2, -0.15) is 0 Å². The van der Waals surface area contributed by atoms with Crippen LogP contribution >= 0.6 is 0 Å². The number of fused-ring (bicyclic) bond motifs is 2. The molecule has 2 aliphatic heterocycles. The molecule has 4 nitrogen and oxygen atoms in total. The first-order valence-corrected chi connectivity index (χ1v) is 9.65. The summed E-state index contributed by atoms with van der Waals surface area (Å²) in [4.78, 5) is 26.7. The SMILES string of the molecule is Cc1ccc(CCC(=O)N2CCC3(CC2)OC(=O)c2ccccc23)cc1C. The molecule has 0 atom stereocenters. The fraction of sp³-hybridized carbons (Fsp3) is 0.391. The summed E-state index contributed by atoms with van der Waals surface area (Å²) in [5.74, 6) is -0.0548. The van der Waals surface area contributed by atoms with Gasteiger partial charge in [-0.3, -0.25) is 4.79 Å². The second-order valence-corrected chi connectivity index (χ2v) is 7.73. The molecule has 0 bridgehead atoms. The van der Waals surface area contributed by atoms with Crippen LogP contribution in [0.5, 0.6) is 0 Å². The number of rotatable bonds is 3. The van der Waals surface area contributed by atoms with E-state index in [9.17, 15) is 9.59 Å². The lowest BCUT2D eigenvalue weighted by Gasteiger charge is -2.38. The number of amides is 1. The Morgan fingerprint density at radius 2 is 1.81 bits per heavy atom. The van der Waals surface area contributed by atoms with Crippen LogP contribution in [0.3, 0.4) is 0 Å². The van der Waals surface area contributed by atoms with E-state index in [2.05, 4.69) is 32.0 Å². The van der Waals surface area contributed by atoms with Crippen molar-refractivity contribution in [1.82, 2.24) is 4.90 Å². The molecule has 0 saturated carbocycles. The number of carbonyl (C=O) groups excluding carboxylic acids is 2. The van der Waals surface area contributed by atoms with Gasteiger partial charge in [0, 0.05) is 37.9 Å². The molecule has 2 aromatic carbocycles. The highest BCUT2D eigenvalue weighted by molar-refractivity contribution is 5.94. The minimum absolute atomic E-state index is 0.181. The van der Waals surface area contributed by atoms with Crippen molar-refractivity contribution in [2.75, 3.05) is 13.1 Å². The Kier molecular flexibility index (Phi) is 4.50. The van der Waals surface area contributed by atoms with E-state index in [-0.39, 0.29) is 11.9 Å². The summed E-state index contributed by atoms with van der Waals surface area (Å²) in [6.07, 6.45) is 2.63. The molecule has 27 heavy (non-hydrogen) atoms. The van der Waals surface area contributed by atoms with E-state index in [0.717, 1.165) is 12.0 Å². The van der Waals surface area contributed by atoms with Crippen LogP contribution in [-0.2, 0) is 21.6 Å². The van der Waals surface area contributed by atoms with Gasteiger partial charge < -0.3 is 9.64 Å². The minimum atomic E-state index is -0.543. The molecule has 0 radical (unpaired) electrons. The Balaban J connectivity index is 1.37. The molecule has 1 amide bonds. The molecule has 4 heteroatoms. The summed E-state index contributed by atoms with van der Waals surface area (Å²) < 4.78 is 5.77. The van der Waals surface area contributed by atoms with Crippen LogP contribution in [0.4, 0.5) is 0 Å². The standard InChI is InChI=1S/C23H25NO3/c1-16-7-8-18(15-17(16)2)9-10-21(25)24-13-11-23(12-14-24)20-6-4-3-5-19(20)22(26)27-23/h3-8,15H,9-14H2,1-2H3. The van der Waals surface area contributed by atoms with E-state index in [0.29, 0.717) is 37.9 Å². The van der Waals surface area contributed by atoms with Crippen molar-refractivity contribution < 1.29 is 14.3 Å². The highest BCUT2D eigenvalue weighted by Crippen LogP contribution is 2.43. The van der Waals surface area contributed by atoms with Crippen molar-refractivity contribution in [3.8, 4) is 0 Å². The molecule has 0 N–H and O–H groups in total. The number of hydrogen-bond acceptors (Lipinski definition) is 3. The number of esters is 1. The van der Waals surface area contributed by atoms with E-state index in [4.69, 9.17) is 4.74 Å². The zero-order valence-electron chi connectivity index (χ0n) is 16.0. The van der Waals surface area contributed by atoms with Crippen molar-refractivity contribution >= 4 is 11.9 Å². The van der Waals surface area contributed by atoms with E-state index >= 15 is 0 Å². The Hall–Kier alpha value is -2.62. The van der Waals surface area contributed by atoms with E-state index in [1.165, 1.54) is 16.7 Å².